The van der Waals surface area contributed by atoms with Gasteiger partial charge in [-0.3, -0.25) is 34.8 Å². The Morgan fingerprint density at radius 1 is 1.05 bits per heavy atom. The van der Waals surface area contributed by atoms with Crippen molar-refractivity contribution in [1.82, 2.24) is 16.0 Å². The molecule has 13 nitrogen and oxygen atoms in total. The molecule has 0 bridgehead atoms. The number of nitro groups is 1. The number of nitrogens with zero attached hydrogens (tertiary/aromatic N) is 2. The summed E-state index contributed by atoms with van der Waals surface area (Å²) in [5, 5.41) is 22.3. The number of aliphatic imine (C=N–C) groups is 1. The standard InChI is InChI=1S/C26H34N8O5/c27-26(28)30-15-5-9-21(31-18-10-12-19(13-11-18)34(38)39)24(36)33-25(37)22(16-17-6-2-1-3-7-17)32-23(35)20-8-4-14-29-20/h1-3,6-7,10-13,20-22,29,31H,4-5,8-9,14-16H2,(H,32,35)(H4,27,28,30)(H,33,36,37). The van der Waals surface area contributed by atoms with E-state index in [1.165, 1.54) is 24.3 Å². The van der Waals surface area contributed by atoms with Gasteiger partial charge in [0.1, 0.15) is 12.1 Å². The van der Waals surface area contributed by atoms with Crippen LogP contribution < -0.4 is 32.7 Å². The van der Waals surface area contributed by atoms with E-state index in [-0.39, 0.29) is 43.0 Å². The largest absolute Gasteiger partial charge is 0.374 e. The maximum atomic E-state index is 13.3. The lowest BCUT2D eigenvalue weighted by atomic mass is 10.0. The predicted molar refractivity (Wildman–Crippen MR) is 147 cm³/mol. The van der Waals surface area contributed by atoms with E-state index in [2.05, 4.69) is 26.3 Å². The normalized spacial score (nSPS) is 15.9. The van der Waals surface area contributed by atoms with E-state index in [1.54, 1.807) is 0 Å². The predicted octanol–water partition coefficient (Wildman–Crippen LogP) is 0.551. The number of nitrogens with one attached hydrogen (secondary N) is 4. The summed E-state index contributed by atoms with van der Waals surface area (Å²) < 4.78 is 0. The van der Waals surface area contributed by atoms with E-state index < -0.39 is 28.8 Å². The third kappa shape index (κ3) is 9.38. The van der Waals surface area contributed by atoms with Gasteiger partial charge in [0, 0.05) is 30.8 Å². The number of imide groups is 1. The molecule has 3 amide bonds. The van der Waals surface area contributed by atoms with Crippen molar-refractivity contribution in [3.63, 3.8) is 0 Å². The Hall–Kier alpha value is -4.52. The van der Waals surface area contributed by atoms with Crippen molar-refractivity contribution in [3.05, 3.63) is 70.3 Å². The molecule has 39 heavy (non-hydrogen) atoms. The van der Waals surface area contributed by atoms with Crippen LogP contribution in [0.5, 0.6) is 0 Å². The number of nitro benzene ring substituents is 1. The van der Waals surface area contributed by atoms with E-state index in [1.807, 2.05) is 30.3 Å². The van der Waals surface area contributed by atoms with Gasteiger partial charge in [-0.2, -0.15) is 0 Å². The summed E-state index contributed by atoms with van der Waals surface area (Å²) in [6.45, 7) is 0.991. The summed E-state index contributed by atoms with van der Waals surface area (Å²) in [7, 11) is 0. The Labute approximate surface area is 226 Å². The number of hydrogen-bond acceptors (Lipinski definition) is 8. The molecule has 2 aromatic rings. The first kappa shape index (κ1) is 29.0. The van der Waals surface area contributed by atoms with E-state index in [9.17, 15) is 24.5 Å². The monoisotopic (exact) mass is 538 g/mol. The highest BCUT2D eigenvalue weighted by Gasteiger charge is 2.30. The molecule has 3 rings (SSSR count). The molecule has 1 heterocycles. The minimum atomic E-state index is -0.979. The van der Waals surface area contributed by atoms with Crippen LogP contribution in [-0.2, 0) is 20.8 Å². The van der Waals surface area contributed by atoms with Crippen LogP contribution in [0.1, 0.15) is 31.2 Å². The molecule has 1 aliphatic rings. The number of nitrogens with two attached hydrogens (primary N) is 2. The summed E-state index contributed by atoms with van der Waals surface area (Å²) in [4.78, 5) is 53.7. The van der Waals surface area contributed by atoms with Gasteiger partial charge in [-0.1, -0.05) is 30.3 Å². The van der Waals surface area contributed by atoms with Crippen LogP contribution in [0.25, 0.3) is 0 Å². The number of non-ortho nitro benzene ring substituents is 1. The molecule has 1 aliphatic heterocycles. The molecule has 8 N–H and O–H groups in total. The second-order valence-electron chi connectivity index (χ2n) is 9.20. The fourth-order valence-electron chi connectivity index (χ4n) is 4.19. The third-order valence-corrected chi connectivity index (χ3v) is 6.22. The number of rotatable bonds is 13. The van der Waals surface area contributed by atoms with Gasteiger partial charge in [-0.05, 0) is 49.9 Å². The molecular weight excluding hydrogens is 504 g/mol. The van der Waals surface area contributed by atoms with E-state index in [0.717, 1.165) is 18.5 Å². The number of carbonyl (C=O) groups is 3. The molecule has 3 unspecified atom stereocenters. The topological polar surface area (TPSA) is 207 Å². The van der Waals surface area contributed by atoms with Crippen molar-refractivity contribution in [2.45, 2.75) is 50.2 Å². The van der Waals surface area contributed by atoms with Crippen molar-refractivity contribution in [3.8, 4) is 0 Å². The van der Waals surface area contributed by atoms with Gasteiger partial charge in [0.25, 0.3) is 5.69 Å². The highest BCUT2D eigenvalue weighted by molar-refractivity contribution is 6.02. The zero-order chi connectivity index (χ0) is 28.2. The quantitative estimate of drug-likeness (QED) is 0.0691. The van der Waals surface area contributed by atoms with Crippen LogP contribution in [-0.4, -0.2) is 59.8 Å². The Morgan fingerprint density at radius 2 is 1.74 bits per heavy atom. The number of amides is 3. The molecule has 1 saturated heterocycles. The lowest BCUT2D eigenvalue weighted by molar-refractivity contribution is -0.384. The molecule has 2 aromatic carbocycles. The minimum absolute atomic E-state index is 0.0780. The molecule has 13 heteroatoms. The average molecular weight is 539 g/mol. The zero-order valence-corrected chi connectivity index (χ0v) is 21.5. The second-order valence-corrected chi connectivity index (χ2v) is 9.20. The lowest BCUT2D eigenvalue weighted by Crippen LogP contribution is -2.55. The van der Waals surface area contributed by atoms with Gasteiger partial charge in [0.15, 0.2) is 5.96 Å². The van der Waals surface area contributed by atoms with Crippen molar-refractivity contribution in [2.24, 2.45) is 16.5 Å². The smallest absolute Gasteiger partial charge is 0.269 e. The molecule has 1 fully saturated rings. The number of anilines is 1. The molecule has 0 radical (unpaired) electrons. The summed E-state index contributed by atoms with van der Waals surface area (Å²) in [6.07, 6.45) is 2.41. The fraction of sp³-hybridized carbons (Fsp3) is 0.385. The lowest BCUT2D eigenvalue weighted by Gasteiger charge is -2.23. The van der Waals surface area contributed by atoms with Crippen LogP contribution in [0.2, 0.25) is 0 Å². The maximum absolute atomic E-state index is 13.3. The van der Waals surface area contributed by atoms with Crippen molar-refractivity contribution >= 4 is 35.1 Å². The third-order valence-electron chi connectivity index (χ3n) is 6.22. The number of benzene rings is 2. The fourth-order valence-corrected chi connectivity index (χ4v) is 4.19. The van der Waals surface area contributed by atoms with Crippen LogP contribution in [0.4, 0.5) is 11.4 Å². The SMILES string of the molecule is NC(N)=NCCCC(Nc1ccc([N+](=O)[O-])cc1)C(=O)NC(=O)C(Cc1ccccc1)NC(=O)C1CCCN1. The first-order valence-corrected chi connectivity index (χ1v) is 12.7. The molecule has 0 aliphatic carbocycles. The Bertz CT molecular complexity index is 1160. The zero-order valence-electron chi connectivity index (χ0n) is 21.5. The summed E-state index contributed by atoms with van der Waals surface area (Å²) >= 11 is 0. The van der Waals surface area contributed by atoms with Crippen LogP contribution >= 0.6 is 0 Å². The van der Waals surface area contributed by atoms with Crippen LogP contribution in [0, 0.1) is 10.1 Å². The Balaban J connectivity index is 1.73. The first-order chi connectivity index (χ1) is 18.7. The van der Waals surface area contributed by atoms with Crippen molar-refractivity contribution in [2.75, 3.05) is 18.4 Å². The average Bonchev–Trinajstić information content (AvgIpc) is 3.46. The molecule has 0 saturated carbocycles. The van der Waals surface area contributed by atoms with Crippen molar-refractivity contribution < 1.29 is 19.3 Å². The number of carbonyl (C=O) groups excluding carboxylic acids is 3. The minimum Gasteiger partial charge on any atom is -0.374 e. The molecule has 208 valence electrons. The van der Waals surface area contributed by atoms with E-state index in [4.69, 9.17) is 11.5 Å². The van der Waals surface area contributed by atoms with Gasteiger partial charge in [0.2, 0.25) is 17.7 Å². The van der Waals surface area contributed by atoms with Crippen molar-refractivity contribution in [1.29, 1.82) is 0 Å². The summed E-state index contributed by atoms with van der Waals surface area (Å²) in [5.74, 6) is -1.64. The number of guanidine groups is 1. The van der Waals surface area contributed by atoms with Gasteiger partial charge < -0.3 is 27.4 Å². The van der Waals surface area contributed by atoms with Gasteiger partial charge in [-0.25, -0.2) is 0 Å². The van der Waals surface area contributed by atoms with Gasteiger partial charge >= 0.3 is 0 Å². The summed E-state index contributed by atoms with van der Waals surface area (Å²) in [6, 6.07) is 12.5. The van der Waals surface area contributed by atoms with Crippen LogP contribution in [0.3, 0.4) is 0 Å². The second kappa shape index (κ2) is 14.4. The highest BCUT2D eigenvalue weighted by Crippen LogP contribution is 2.17. The highest BCUT2D eigenvalue weighted by atomic mass is 16.6. The van der Waals surface area contributed by atoms with Gasteiger partial charge in [-0.15, -0.1) is 0 Å². The Kier molecular flexibility index (Phi) is 10.7. The molecule has 0 spiro atoms. The maximum Gasteiger partial charge on any atom is 0.269 e. The molecule has 3 atom stereocenters. The van der Waals surface area contributed by atoms with E-state index in [0.29, 0.717) is 18.5 Å². The Morgan fingerprint density at radius 3 is 2.36 bits per heavy atom. The molecular formula is C26H34N8O5. The molecule has 0 aromatic heterocycles. The van der Waals surface area contributed by atoms with E-state index >= 15 is 0 Å². The number of hydrogen-bond donors (Lipinski definition) is 6. The van der Waals surface area contributed by atoms with Crippen LogP contribution in [0.15, 0.2) is 59.6 Å². The first-order valence-electron chi connectivity index (χ1n) is 12.7. The summed E-state index contributed by atoms with van der Waals surface area (Å²) in [5.41, 5.74) is 11.9. The van der Waals surface area contributed by atoms with Gasteiger partial charge in [0.05, 0.1) is 11.0 Å².